The lowest BCUT2D eigenvalue weighted by atomic mass is 10.1. The Bertz CT molecular complexity index is 568. The molecule has 1 aliphatic heterocycles. The molecular weight excluding hydrogens is 248 g/mol. The van der Waals surface area contributed by atoms with Crippen molar-refractivity contribution in [1.82, 2.24) is 9.88 Å². The van der Waals surface area contributed by atoms with Crippen LogP contribution in [0.2, 0.25) is 0 Å². The quantitative estimate of drug-likeness (QED) is 0.853. The van der Waals surface area contributed by atoms with E-state index in [1.807, 2.05) is 6.07 Å². The van der Waals surface area contributed by atoms with Crippen molar-refractivity contribution in [1.29, 1.82) is 0 Å². The molecule has 1 atom stereocenters. The van der Waals surface area contributed by atoms with Crippen LogP contribution in [-0.4, -0.2) is 35.7 Å². The van der Waals surface area contributed by atoms with Gasteiger partial charge < -0.3 is 4.74 Å². The van der Waals surface area contributed by atoms with Crippen LogP contribution in [0.5, 0.6) is 0 Å². The van der Waals surface area contributed by atoms with Crippen molar-refractivity contribution < 1.29 is 4.74 Å². The molecule has 0 amide bonds. The topological polar surface area (TPSA) is 25.4 Å². The van der Waals surface area contributed by atoms with Gasteiger partial charge in [0.25, 0.3) is 0 Å². The van der Waals surface area contributed by atoms with E-state index in [4.69, 9.17) is 9.72 Å². The molecule has 3 heteroatoms. The fraction of sp³-hybridized carbons (Fsp3) is 0.471. The van der Waals surface area contributed by atoms with Crippen molar-refractivity contribution in [2.75, 3.05) is 19.8 Å². The zero-order valence-electron chi connectivity index (χ0n) is 12.1. The second-order valence-corrected chi connectivity index (χ2v) is 5.48. The molecule has 3 rings (SSSR count). The fourth-order valence-corrected chi connectivity index (χ4v) is 2.90. The molecule has 0 spiro atoms. The molecule has 2 heterocycles. The number of para-hydroxylation sites is 1. The molecule has 0 bridgehead atoms. The molecule has 1 fully saturated rings. The number of hydrogen-bond donors (Lipinski definition) is 0. The smallest absolute Gasteiger partial charge is 0.0705 e. The minimum absolute atomic E-state index is 0.544. The number of ether oxygens (including phenoxy) is 1. The highest BCUT2D eigenvalue weighted by Gasteiger charge is 2.22. The van der Waals surface area contributed by atoms with Gasteiger partial charge in [0.05, 0.1) is 24.4 Å². The molecule has 1 aliphatic rings. The van der Waals surface area contributed by atoms with E-state index >= 15 is 0 Å². The summed E-state index contributed by atoms with van der Waals surface area (Å²) in [4.78, 5) is 7.30. The molecular formula is C17H22N2O. The Morgan fingerprint density at radius 2 is 2.15 bits per heavy atom. The van der Waals surface area contributed by atoms with Crippen LogP contribution in [0.25, 0.3) is 10.9 Å². The van der Waals surface area contributed by atoms with Gasteiger partial charge in [0, 0.05) is 24.5 Å². The van der Waals surface area contributed by atoms with Crippen molar-refractivity contribution in [3.63, 3.8) is 0 Å². The predicted octanol–water partition coefficient (Wildman–Crippen LogP) is 3.24. The predicted molar refractivity (Wildman–Crippen MR) is 81.7 cm³/mol. The largest absolute Gasteiger partial charge is 0.378 e. The molecule has 1 unspecified atom stereocenters. The van der Waals surface area contributed by atoms with Crippen molar-refractivity contribution in [3.05, 3.63) is 42.1 Å². The van der Waals surface area contributed by atoms with Crippen LogP contribution < -0.4 is 0 Å². The van der Waals surface area contributed by atoms with Crippen LogP contribution in [0, 0.1) is 0 Å². The Morgan fingerprint density at radius 3 is 3.05 bits per heavy atom. The third-order valence-electron chi connectivity index (χ3n) is 3.99. The van der Waals surface area contributed by atoms with E-state index in [1.165, 1.54) is 18.2 Å². The third-order valence-corrected chi connectivity index (χ3v) is 3.99. The van der Waals surface area contributed by atoms with Crippen LogP contribution in [0.3, 0.4) is 0 Å². The molecule has 1 saturated heterocycles. The van der Waals surface area contributed by atoms with Crippen molar-refractivity contribution in [3.8, 4) is 0 Å². The average Bonchev–Trinajstić information content (AvgIpc) is 2.49. The summed E-state index contributed by atoms with van der Waals surface area (Å²) in [5.41, 5.74) is 2.25. The number of nitrogens with zero attached hydrogens (tertiary/aromatic N) is 2. The van der Waals surface area contributed by atoms with Crippen LogP contribution in [0.4, 0.5) is 0 Å². The van der Waals surface area contributed by atoms with E-state index in [1.54, 1.807) is 0 Å². The van der Waals surface area contributed by atoms with Crippen LogP contribution in [-0.2, 0) is 11.3 Å². The van der Waals surface area contributed by atoms with Crippen molar-refractivity contribution >= 4 is 10.9 Å². The van der Waals surface area contributed by atoms with Crippen LogP contribution in [0.1, 0.15) is 25.5 Å². The van der Waals surface area contributed by atoms with Gasteiger partial charge in [0.15, 0.2) is 0 Å². The molecule has 0 N–H and O–H groups in total. The van der Waals surface area contributed by atoms with Gasteiger partial charge in [-0.1, -0.05) is 37.6 Å². The normalized spacial score (nSPS) is 20.4. The third kappa shape index (κ3) is 3.00. The lowest BCUT2D eigenvalue weighted by Gasteiger charge is -2.35. The number of aromatic nitrogens is 1. The number of benzene rings is 1. The maximum atomic E-state index is 5.61. The minimum atomic E-state index is 0.544. The first-order chi connectivity index (χ1) is 9.86. The summed E-state index contributed by atoms with van der Waals surface area (Å²) in [6.07, 6.45) is 2.41. The molecule has 1 aromatic heterocycles. The summed E-state index contributed by atoms with van der Waals surface area (Å²) in [6, 6.07) is 13.2. The molecule has 20 heavy (non-hydrogen) atoms. The first kappa shape index (κ1) is 13.5. The van der Waals surface area contributed by atoms with Gasteiger partial charge in [-0.15, -0.1) is 0 Å². The minimum Gasteiger partial charge on any atom is -0.378 e. The van der Waals surface area contributed by atoms with E-state index in [9.17, 15) is 0 Å². The van der Waals surface area contributed by atoms with Gasteiger partial charge in [0.1, 0.15) is 0 Å². The SMILES string of the molecule is CCCC1COCCN1Cc1ccc2ccccc2n1. The molecule has 0 aliphatic carbocycles. The second kappa shape index (κ2) is 6.33. The maximum absolute atomic E-state index is 5.61. The Labute approximate surface area is 120 Å². The lowest BCUT2D eigenvalue weighted by molar-refractivity contribution is -0.0151. The Morgan fingerprint density at radius 1 is 1.25 bits per heavy atom. The Balaban J connectivity index is 1.77. The van der Waals surface area contributed by atoms with E-state index in [-0.39, 0.29) is 0 Å². The van der Waals surface area contributed by atoms with Crippen LogP contribution in [0.15, 0.2) is 36.4 Å². The highest BCUT2D eigenvalue weighted by Crippen LogP contribution is 2.17. The summed E-state index contributed by atoms with van der Waals surface area (Å²) in [6.45, 7) is 5.88. The molecule has 3 nitrogen and oxygen atoms in total. The first-order valence-electron chi connectivity index (χ1n) is 7.53. The first-order valence-corrected chi connectivity index (χ1v) is 7.53. The van der Waals surface area contributed by atoms with E-state index in [0.717, 1.165) is 37.5 Å². The summed E-state index contributed by atoms with van der Waals surface area (Å²) in [7, 11) is 0. The number of pyridine rings is 1. The van der Waals surface area contributed by atoms with Crippen molar-refractivity contribution in [2.45, 2.75) is 32.4 Å². The van der Waals surface area contributed by atoms with Gasteiger partial charge in [-0.3, -0.25) is 9.88 Å². The molecule has 1 aromatic carbocycles. The van der Waals surface area contributed by atoms with Gasteiger partial charge in [-0.2, -0.15) is 0 Å². The summed E-state index contributed by atoms with van der Waals surface area (Å²) in [5.74, 6) is 0. The molecule has 106 valence electrons. The van der Waals surface area contributed by atoms with Gasteiger partial charge in [-0.25, -0.2) is 0 Å². The van der Waals surface area contributed by atoms with E-state index < -0.39 is 0 Å². The Kier molecular flexibility index (Phi) is 4.28. The summed E-state index contributed by atoms with van der Waals surface area (Å²) in [5, 5.41) is 1.21. The monoisotopic (exact) mass is 270 g/mol. The van der Waals surface area contributed by atoms with Crippen molar-refractivity contribution in [2.24, 2.45) is 0 Å². The standard InChI is InChI=1S/C17H22N2O/c1-2-5-16-13-20-11-10-19(16)12-15-9-8-14-6-3-4-7-17(14)18-15/h3-4,6-9,16H,2,5,10-13H2,1H3. The number of fused-ring (bicyclic) bond motifs is 1. The Hall–Kier alpha value is -1.45. The maximum Gasteiger partial charge on any atom is 0.0705 e. The van der Waals surface area contributed by atoms with Gasteiger partial charge in [0.2, 0.25) is 0 Å². The van der Waals surface area contributed by atoms with E-state index in [2.05, 4.69) is 42.2 Å². The zero-order valence-corrected chi connectivity index (χ0v) is 12.1. The molecule has 0 radical (unpaired) electrons. The van der Waals surface area contributed by atoms with Gasteiger partial charge >= 0.3 is 0 Å². The highest BCUT2D eigenvalue weighted by atomic mass is 16.5. The highest BCUT2D eigenvalue weighted by molar-refractivity contribution is 5.78. The van der Waals surface area contributed by atoms with Gasteiger partial charge in [-0.05, 0) is 18.6 Å². The second-order valence-electron chi connectivity index (χ2n) is 5.48. The average molecular weight is 270 g/mol. The fourth-order valence-electron chi connectivity index (χ4n) is 2.90. The number of hydrogen-bond acceptors (Lipinski definition) is 3. The lowest BCUT2D eigenvalue weighted by Crippen LogP contribution is -2.44. The number of rotatable bonds is 4. The zero-order chi connectivity index (χ0) is 13.8. The summed E-state index contributed by atoms with van der Waals surface area (Å²) < 4.78 is 5.61. The molecule has 2 aromatic rings. The van der Waals surface area contributed by atoms with E-state index in [0.29, 0.717) is 6.04 Å². The summed E-state index contributed by atoms with van der Waals surface area (Å²) >= 11 is 0. The number of morpholine rings is 1. The van der Waals surface area contributed by atoms with Crippen LogP contribution >= 0.6 is 0 Å². The molecule has 0 saturated carbocycles.